The third kappa shape index (κ3) is 1.26. The second-order valence-corrected chi connectivity index (χ2v) is 5.87. The van der Waals surface area contributed by atoms with Crippen molar-refractivity contribution >= 4 is 32.3 Å². The molecular formula is C19H15N. The van der Waals surface area contributed by atoms with Crippen LogP contribution in [0.4, 0.5) is 0 Å². The Bertz CT molecular complexity index is 919. The lowest BCUT2D eigenvalue weighted by Gasteiger charge is -2.29. The number of benzene rings is 4. The first-order valence-corrected chi connectivity index (χ1v) is 7.29. The van der Waals surface area contributed by atoms with E-state index in [-0.39, 0.29) is 0 Å². The molecule has 0 amide bonds. The Kier molecular flexibility index (Phi) is 1.97. The zero-order chi connectivity index (χ0) is 13.1. The molecule has 4 aromatic rings. The Hall–Kier alpha value is -2.12. The predicted octanol–water partition coefficient (Wildman–Crippen LogP) is 4.27. The van der Waals surface area contributed by atoms with Gasteiger partial charge in [-0.15, -0.1) is 0 Å². The maximum Gasteiger partial charge on any atom is 0.00947 e. The predicted molar refractivity (Wildman–Crippen MR) is 85.8 cm³/mol. The molecule has 1 heterocycles. The van der Waals surface area contributed by atoms with Crippen molar-refractivity contribution in [1.29, 1.82) is 0 Å². The van der Waals surface area contributed by atoms with Crippen molar-refractivity contribution in [3.8, 4) is 0 Å². The van der Waals surface area contributed by atoms with Crippen LogP contribution >= 0.6 is 0 Å². The van der Waals surface area contributed by atoms with Crippen molar-refractivity contribution in [3.05, 3.63) is 60.2 Å². The molecule has 96 valence electrons. The van der Waals surface area contributed by atoms with Crippen molar-refractivity contribution in [2.75, 3.05) is 13.1 Å². The maximum absolute atomic E-state index is 3.39. The molecular weight excluding hydrogens is 242 g/mol. The third-order valence-corrected chi connectivity index (χ3v) is 4.78. The van der Waals surface area contributed by atoms with E-state index < -0.39 is 0 Å². The summed E-state index contributed by atoms with van der Waals surface area (Å²) in [5.41, 5.74) is 1.51. The van der Waals surface area contributed by atoms with Crippen LogP contribution < -0.4 is 5.32 Å². The second-order valence-electron chi connectivity index (χ2n) is 5.87. The molecule has 1 saturated heterocycles. The monoisotopic (exact) mass is 257 g/mol. The molecule has 1 aliphatic heterocycles. The first kappa shape index (κ1) is 10.6. The van der Waals surface area contributed by atoms with Gasteiger partial charge in [0.1, 0.15) is 0 Å². The first-order valence-electron chi connectivity index (χ1n) is 7.29. The van der Waals surface area contributed by atoms with Crippen molar-refractivity contribution in [1.82, 2.24) is 5.32 Å². The smallest absolute Gasteiger partial charge is 0.00947 e. The molecule has 0 atom stereocenters. The van der Waals surface area contributed by atoms with Gasteiger partial charge in [-0.3, -0.25) is 0 Å². The van der Waals surface area contributed by atoms with E-state index in [1.54, 1.807) is 0 Å². The maximum atomic E-state index is 3.39. The largest absolute Gasteiger partial charge is 0.315 e. The number of hydrogen-bond donors (Lipinski definition) is 1. The van der Waals surface area contributed by atoms with E-state index in [0.717, 1.165) is 13.1 Å². The molecule has 1 N–H and O–H groups in total. The molecule has 0 aromatic heterocycles. The van der Waals surface area contributed by atoms with E-state index in [0.29, 0.717) is 5.92 Å². The molecule has 0 saturated carbocycles. The number of hydrogen-bond acceptors (Lipinski definition) is 1. The average Bonchev–Trinajstić information content (AvgIpc) is 2.44. The standard InChI is InChI=1S/C19H15N/c1-2-12-4-5-14-6-8-16(15-10-20-11-15)17-9-7-13(3-1)18(12)19(14)17/h1-9,15,20H,10-11H2. The normalized spacial score (nSPS) is 16.2. The Morgan fingerprint density at radius 3 is 2.05 bits per heavy atom. The van der Waals surface area contributed by atoms with Gasteiger partial charge in [0, 0.05) is 19.0 Å². The molecule has 0 unspecified atom stereocenters. The molecule has 4 aromatic carbocycles. The van der Waals surface area contributed by atoms with Gasteiger partial charge in [0.25, 0.3) is 0 Å². The Labute approximate surface area is 117 Å². The summed E-state index contributed by atoms with van der Waals surface area (Å²) in [6.07, 6.45) is 0. The fourth-order valence-corrected chi connectivity index (χ4v) is 3.62. The van der Waals surface area contributed by atoms with Gasteiger partial charge >= 0.3 is 0 Å². The van der Waals surface area contributed by atoms with Crippen LogP contribution in [0.5, 0.6) is 0 Å². The van der Waals surface area contributed by atoms with Crippen molar-refractivity contribution in [2.45, 2.75) is 5.92 Å². The minimum Gasteiger partial charge on any atom is -0.315 e. The van der Waals surface area contributed by atoms with Gasteiger partial charge in [-0.05, 0) is 37.9 Å². The van der Waals surface area contributed by atoms with Gasteiger partial charge < -0.3 is 5.32 Å². The molecule has 5 rings (SSSR count). The van der Waals surface area contributed by atoms with Crippen LogP contribution in [-0.2, 0) is 0 Å². The van der Waals surface area contributed by atoms with Crippen molar-refractivity contribution < 1.29 is 0 Å². The van der Waals surface area contributed by atoms with E-state index in [1.165, 1.54) is 37.9 Å². The highest BCUT2D eigenvalue weighted by atomic mass is 14.9. The van der Waals surface area contributed by atoms with Gasteiger partial charge in [-0.25, -0.2) is 0 Å². The molecule has 0 spiro atoms. The second kappa shape index (κ2) is 3.71. The summed E-state index contributed by atoms with van der Waals surface area (Å²) in [4.78, 5) is 0. The quantitative estimate of drug-likeness (QED) is 0.502. The number of nitrogens with one attached hydrogen (secondary N) is 1. The fourth-order valence-electron chi connectivity index (χ4n) is 3.62. The molecule has 20 heavy (non-hydrogen) atoms. The van der Waals surface area contributed by atoms with Gasteiger partial charge in [-0.1, -0.05) is 54.6 Å². The van der Waals surface area contributed by atoms with Gasteiger partial charge in [0.05, 0.1) is 0 Å². The Morgan fingerprint density at radius 2 is 1.35 bits per heavy atom. The summed E-state index contributed by atoms with van der Waals surface area (Å²) in [6, 6.07) is 20.3. The van der Waals surface area contributed by atoms with Crippen LogP contribution in [0, 0.1) is 0 Å². The van der Waals surface area contributed by atoms with Gasteiger partial charge in [-0.2, -0.15) is 0 Å². The highest BCUT2D eigenvalue weighted by molar-refractivity contribution is 6.23. The van der Waals surface area contributed by atoms with Crippen molar-refractivity contribution in [3.63, 3.8) is 0 Å². The average molecular weight is 257 g/mol. The lowest BCUT2D eigenvalue weighted by Crippen LogP contribution is -2.39. The van der Waals surface area contributed by atoms with Crippen LogP contribution in [0.3, 0.4) is 0 Å². The van der Waals surface area contributed by atoms with Crippen LogP contribution in [0.15, 0.2) is 54.6 Å². The lowest BCUT2D eigenvalue weighted by atomic mass is 9.85. The van der Waals surface area contributed by atoms with Crippen LogP contribution in [0.25, 0.3) is 32.3 Å². The zero-order valence-corrected chi connectivity index (χ0v) is 11.2. The number of rotatable bonds is 1. The van der Waals surface area contributed by atoms with E-state index in [4.69, 9.17) is 0 Å². The molecule has 1 heteroatoms. The summed E-state index contributed by atoms with van der Waals surface area (Å²) in [5, 5.41) is 11.8. The molecule has 1 fully saturated rings. The Morgan fingerprint density at radius 1 is 0.700 bits per heavy atom. The Balaban J connectivity index is 2.02. The van der Waals surface area contributed by atoms with Gasteiger partial charge in [0.15, 0.2) is 0 Å². The zero-order valence-electron chi connectivity index (χ0n) is 11.2. The van der Waals surface area contributed by atoms with E-state index in [9.17, 15) is 0 Å². The summed E-state index contributed by atoms with van der Waals surface area (Å²) >= 11 is 0. The van der Waals surface area contributed by atoms with E-state index >= 15 is 0 Å². The van der Waals surface area contributed by atoms with Crippen molar-refractivity contribution in [2.24, 2.45) is 0 Å². The minimum atomic E-state index is 0.680. The topological polar surface area (TPSA) is 12.0 Å². The lowest BCUT2D eigenvalue weighted by molar-refractivity contribution is 0.451. The minimum absolute atomic E-state index is 0.680. The van der Waals surface area contributed by atoms with Gasteiger partial charge in [0.2, 0.25) is 0 Å². The first-order chi connectivity index (χ1) is 9.92. The van der Waals surface area contributed by atoms with Crippen LogP contribution in [0.2, 0.25) is 0 Å². The summed E-state index contributed by atoms with van der Waals surface area (Å²) in [5.74, 6) is 0.680. The third-order valence-electron chi connectivity index (χ3n) is 4.78. The van der Waals surface area contributed by atoms with Crippen LogP contribution in [0.1, 0.15) is 11.5 Å². The molecule has 1 nitrogen and oxygen atoms in total. The highest BCUT2D eigenvalue weighted by Crippen LogP contribution is 2.38. The highest BCUT2D eigenvalue weighted by Gasteiger charge is 2.22. The molecule has 0 radical (unpaired) electrons. The van der Waals surface area contributed by atoms with E-state index in [2.05, 4.69) is 59.9 Å². The SMILES string of the molecule is c1cc2ccc3ccc(C4CNC4)c4ccc(c1)c2c34. The van der Waals surface area contributed by atoms with E-state index in [1.807, 2.05) is 0 Å². The van der Waals surface area contributed by atoms with Crippen LogP contribution in [-0.4, -0.2) is 13.1 Å². The molecule has 1 aliphatic rings. The molecule has 0 bridgehead atoms. The summed E-state index contributed by atoms with van der Waals surface area (Å²) in [6.45, 7) is 2.23. The summed E-state index contributed by atoms with van der Waals surface area (Å²) in [7, 11) is 0. The molecule has 0 aliphatic carbocycles. The fraction of sp³-hybridized carbons (Fsp3) is 0.158. The summed E-state index contributed by atoms with van der Waals surface area (Å²) < 4.78 is 0.